The average Bonchev–Trinajstić information content (AvgIpc) is 3.30. The Labute approximate surface area is 145 Å². The van der Waals surface area contributed by atoms with Crippen molar-refractivity contribution in [3.05, 3.63) is 36.1 Å². The third kappa shape index (κ3) is 3.43. The molecule has 3 N–H and O–H groups in total. The topological polar surface area (TPSA) is 101 Å². The molecule has 3 heterocycles. The van der Waals surface area contributed by atoms with Crippen LogP contribution in [0.3, 0.4) is 0 Å². The van der Waals surface area contributed by atoms with E-state index in [9.17, 15) is 14.8 Å². The molecule has 1 aromatic carbocycles. The number of hydrogen-bond acceptors (Lipinski definition) is 6. The molecule has 4 rings (SSSR count). The van der Waals surface area contributed by atoms with Crippen molar-refractivity contribution in [2.24, 2.45) is 5.92 Å². The van der Waals surface area contributed by atoms with Gasteiger partial charge in [0.15, 0.2) is 0 Å². The molecular weight excluding hydrogens is 325 g/mol. The number of amides is 1. The number of benzene rings is 1. The Morgan fingerprint density at radius 3 is 2.92 bits per heavy atom. The molecule has 25 heavy (non-hydrogen) atoms. The molecular formula is C17H20BNO6. The largest absolute Gasteiger partial charge is 0.635 e. The van der Waals surface area contributed by atoms with Gasteiger partial charge in [-0.15, -0.1) is 0 Å². The zero-order valence-electron chi connectivity index (χ0n) is 13.6. The third-order valence-corrected chi connectivity index (χ3v) is 5.00. The molecule has 2 aliphatic rings. The second-order valence-corrected chi connectivity index (χ2v) is 6.64. The van der Waals surface area contributed by atoms with Gasteiger partial charge in [0.05, 0.1) is 24.4 Å². The molecule has 0 unspecified atom stereocenters. The van der Waals surface area contributed by atoms with Crippen LogP contribution in [-0.4, -0.2) is 41.7 Å². The Balaban J connectivity index is 1.47. The molecule has 2 bridgehead atoms. The van der Waals surface area contributed by atoms with Gasteiger partial charge in [0.25, 0.3) is 0 Å². The molecule has 0 spiro atoms. The lowest BCUT2D eigenvalue weighted by atomic mass is 9.88. The second kappa shape index (κ2) is 6.80. The highest BCUT2D eigenvalue weighted by Crippen LogP contribution is 2.38. The summed E-state index contributed by atoms with van der Waals surface area (Å²) in [5, 5.41) is 22.0. The molecule has 0 saturated carbocycles. The van der Waals surface area contributed by atoms with Crippen molar-refractivity contribution >= 4 is 24.2 Å². The zero-order chi connectivity index (χ0) is 17.4. The van der Waals surface area contributed by atoms with E-state index in [0.29, 0.717) is 6.42 Å². The summed E-state index contributed by atoms with van der Waals surface area (Å²) in [5.41, 5.74) is 1.55. The Kier molecular flexibility index (Phi) is 4.51. The van der Waals surface area contributed by atoms with Crippen LogP contribution in [0, 0.1) is 5.92 Å². The maximum absolute atomic E-state index is 12.6. The number of nitrogens with one attached hydrogen (secondary N) is 1. The zero-order valence-corrected chi connectivity index (χ0v) is 13.6. The first kappa shape index (κ1) is 16.6. The van der Waals surface area contributed by atoms with Crippen molar-refractivity contribution < 1.29 is 28.7 Å². The van der Waals surface area contributed by atoms with Crippen LogP contribution in [0.15, 0.2) is 34.9 Å². The van der Waals surface area contributed by atoms with E-state index in [1.165, 1.54) is 0 Å². The number of rotatable bonds is 6. The summed E-state index contributed by atoms with van der Waals surface area (Å²) in [6.07, 6.45) is 3.72. The highest BCUT2D eigenvalue weighted by Gasteiger charge is 2.44. The molecule has 0 aliphatic carbocycles. The first-order valence-electron chi connectivity index (χ1n) is 8.52. The van der Waals surface area contributed by atoms with E-state index in [2.05, 4.69) is 5.32 Å². The smallest absolute Gasteiger partial charge is 0.464 e. The quantitative estimate of drug-likeness (QED) is 0.533. The van der Waals surface area contributed by atoms with Crippen LogP contribution in [0.25, 0.3) is 11.0 Å². The summed E-state index contributed by atoms with van der Waals surface area (Å²) >= 11 is 0. The van der Waals surface area contributed by atoms with Crippen LogP contribution < -0.4 is 5.32 Å². The Morgan fingerprint density at radius 1 is 1.36 bits per heavy atom. The molecule has 0 radical (unpaired) electrons. The van der Waals surface area contributed by atoms with E-state index in [-0.39, 0.29) is 30.5 Å². The number of carbonyl (C=O) groups is 1. The number of hydrogen-bond donors (Lipinski definition) is 3. The molecule has 2 aliphatic heterocycles. The first-order valence-corrected chi connectivity index (χ1v) is 8.52. The van der Waals surface area contributed by atoms with Crippen LogP contribution >= 0.6 is 0 Å². The van der Waals surface area contributed by atoms with Gasteiger partial charge in [-0.05, 0) is 25.3 Å². The molecule has 7 nitrogen and oxygen atoms in total. The molecule has 2 aromatic rings. The number of para-hydroxylation sites is 1. The summed E-state index contributed by atoms with van der Waals surface area (Å²) in [7, 11) is -1.97. The SMILES string of the molecule is O=C(N[C@@H](Cc1coc2ccccc12)OB(O)O)[C@@H]1C[C@H]2CC[C@@H]1O2. The molecule has 4 atom stereocenters. The normalized spacial score (nSPS) is 26.1. The predicted octanol–water partition coefficient (Wildman–Crippen LogP) is 0.971. The van der Waals surface area contributed by atoms with E-state index in [1.807, 2.05) is 24.3 Å². The number of fused-ring (bicyclic) bond motifs is 3. The lowest BCUT2D eigenvalue weighted by Gasteiger charge is -2.23. The van der Waals surface area contributed by atoms with Gasteiger partial charge in [-0.25, -0.2) is 0 Å². The Hall–Kier alpha value is -1.87. The minimum absolute atomic E-state index is 0.0422. The van der Waals surface area contributed by atoms with Gasteiger partial charge in [0.2, 0.25) is 5.91 Å². The van der Waals surface area contributed by atoms with Gasteiger partial charge in [0.1, 0.15) is 11.8 Å². The number of carbonyl (C=O) groups excluding carboxylic acids is 1. The monoisotopic (exact) mass is 345 g/mol. The number of furan rings is 1. The van der Waals surface area contributed by atoms with E-state index in [4.69, 9.17) is 13.8 Å². The van der Waals surface area contributed by atoms with E-state index in [0.717, 1.165) is 29.4 Å². The Morgan fingerprint density at radius 2 is 2.20 bits per heavy atom. The highest BCUT2D eigenvalue weighted by molar-refractivity contribution is 6.32. The molecule has 8 heteroatoms. The van der Waals surface area contributed by atoms with Gasteiger partial charge in [0, 0.05) is 17.4 Å². The van der Waals surface area contributed by atoms with Crippen LogP contribution in [0.2, 0.25) is 0 Å². The minimum atomic E-state index is -1.97. The van der Waals surface area contributed by atoms with E-state index < -0.39 is 13.5 Å². The summed E-state index contributed by atoms with van der Waals surface area (Å²) < 4.78 is 16.3. The van der Waals surface area contributed by atoms with Gasteiger partial charge in [-0.3, -0.25) is 4.79 Å². The van der Waals surface area contributed by atoms with Crippen molar-refractivity contribution in [2.45, 2.75) is 44.1 Å². The average molecular weight is 345 g/mol. The van der Waals surface area contributed by atoms with Gasteiger partial charge < -0.3 is 29.2 Å². The van der Waals surface area contributed by atoms with Crippen LogP contribution in [0.1, 0.15) is 24.8 Å². The highest BCUT2D eigenvalue weighted by atomic mass is 16.6. The predicted molar refractivity (Wildman–Crippen MR) is 89.1 cm³/mol. The fraction of sp³-hybridized carbons (Fsp3) is 0.471. The summed E-state index contributed by atoms with van der Waals surface area (Å²) in [5.74, 6) is -0.382. The molecule has 132 valence electrons. The lowest BCUT2D eigenvalue weighted by molar-refractivity contribution is -0.129. The van der Waals surface area contributed by atoms with Crippen molar-refractivity contribution in [2.75, 3.05) is 0 Å². The van der Waals surface area contributed by atoms with Gasteiger partial charge in [-0.1, -0.05) is 18.2 Å². The standard InChI is InChI=1S/C17H20BNO6/c20-17(13-8-11-5-6-15(13)24-11)19-16(25-18(21)22)7-10-9-23-14-4-2-1-3-12(10)14/h1-4,9,11,13,15-16,21-22H,5-8H2,(H,19,20)/t11-,13-,15+,16-/m1/s1. The van der Waals surface area contributed by atoms with E-state index in [1.54, 1.807) is 6.26 Å². The molecule has 2 saturated heterocycles. The minimum Gasteiger partial charge on any atom is -0.464 e. The molecule has 1 aromatic heterocycles. The maximum Gasteiger partial charge on any atom is 0.635 e. The van der Waals surface area contributed by atoms with Crippen LogP contribution in [-0.2, 0) is 20.6 Å². The fourth-order valence-electron chi connectivity index (χ4n) is 3.85. The van der Waals surface area contributed by atoms with E-state index >= 15 is 0 Å². The van der Waals surface area contributed by atoms with Crippen molar-refractivity contribution in [3.8, 4) is 0 Å². The van der Waals surface area contributed by atoms with Crippen LogP contribution in [0.4, 0.5) is 0 Å². The van der Waals surface area contributed by atoms with Crippen molar-refractivity contribution in [1.82, 2.24) is 5.32 Å². The summed E-state index contributed by atoms with van der Waals surface area (Å²) in [6.45, 7) is 0. The summed E-state index contributed by atoms with van der Waals surface area (Å²) in [4.78, 5) is 12.6. The molecule has 2 fully saturated rings. The maximum atomic E-state index is 12.6. The fourth-order valence-corrected chi connectivity index (χ4v) is 3.85. The third-order valence-electron chi connectivity index (χ3n) is 5.00. The number of ether oxygens (including phenoxy) is 1. The second-order valence-electron chi connectivity index (χ2n) is 6.64. The molecule has 1 amide bonds. The first-order chi connectivity index (χ1) is 12.1. The van der Waals surface area contributed by atoms with Crippen molar-refractivity contribution in [1.29, 1.82) is 0 Å². The summed E-state index contributed by atoms with van der Waals surface area (Å²) in [6, 6.07) is 7.52. The van der Waals surface area contributed by atoms with Crippen LogP contribution in [0.5, 0.6) is 0 Å². The van der Waals surface area contributed by atoms with Gasteiger partial charge in [-0.2, -0.15) is 0 Å². The van der Waals surface area contributed by atoms with Gasteiger partial charge >= 0.3 is 7.32 Å². The Bertz CT molecular complexity index is 762. The lowest BCUT2D eigenvalue weighted by Crippen LogP contribution is -2.46. The van der Waals surface area contributed by atoms with Crippen molar-refractivity contribution in [3.63, 3.8) is 0 Å².